The Kier molecular flexibility index (Phi) is 5.48. The van der Waals surface area contributed by atoms with E-state index in [-0.39, 0.29) is 5.91 Å². The molecule has 0 saturated carbocycles. The van der Waals surface area contributed by atoms with Crippen LogP contribution >= 0.6 is 0 Å². The molecule has 4 nitrogen and oxygen atoms in total. The molecule has 0 bridgehead atoms. The van der Waals surface area contributed by atoms with Crippen LogP contribution in [0.25, 0.3) is 22.1 Å². The van der Waals surface area contributed by atoms with Crippen LogP contribution in [-0.4, -0.2) is 5.91 Å². The van der Waals surface area contributed by atoms with Gasteiger partial charge in [0.2, 0.25) is 0 Å². The number of carbonyl (C=O) groups excluding carboxylic acids is 1. The molecular formula is C26H23NO3. The lowest BCUT2D eigenvalue weighted by Crippen LogP contribution is -2.12. The van der Waals surface area contributed by atoms with Crippen LogP contribution in [0.2, 0.25) is 0 Å². The standard InChI is InChI=1S/C26H23NO3/c1-3-17(2)18-11-13-22(14-12-18)27-25(28)21-9-6-8-19(15-21)23-16-20-7-4-5-10-24(20)30-26(23)29/h4-17H,3H2,1-2H3,(H,27,28). The molecule has 1 aromatic heterocycles. The molecule has 0 aliphatic heterocycles. The molecular weight excluding hydrogens is 374 g/mol. The lowest BCUT2D eigenvalue weighted by molar-refractivity contribution is 0.102. The smallest absolute Gasteiger partial charge is 0.344 e. The molecule has 1 heterocycles. The summed E-state index contributed by atoms with van der Waals surface area (Å²) in [5, 5.41) is 3.76. The molecule has 0 spiro atoms. The zero-order valence-corrected chi connectivity index (χ0v) is 17.0. The minimum absolute atomic E-state index is 0.224. The van der Waals surface area contributed by atoms with Crippen LogP contribution in [0.4, 0.5) is 5.69 Å². The van der Waals surface area contributed by atoms with E-state index >= 15 is 0 Å². The van der Waals surface area contributed by atoms with Gasteiger partial charge in [-0.15, -0.1) is 0 Å². The van der Waals surface area contributed by atoms with E-state index in [0.717, 1.165) is 17.5 Å². The van der Waals surface area contributed by atoms with Crippen LogP contribution in [-0.2, 0) is 0 Å². The number of fused-ring (bicyclic) bond motifs is 1. The maximum atomic E-state index is 12.8. The molecule has 30 heavy (non-hydrogen) atoms. The normalized spacial score (nSPS) is 11.9. The Bertz CT molecular complexity index is 1260. The van der Waals surface area contributed by atoms with Crippen molar-refractivity contribution >= 4 is 22.6 Å². The Morgan fingerprint density at radius 1 is 0.967 bits per heavy atom. The summed E-state index contributed by atoms with van der Waals surface area (Å²) < 4.78 is 5.43. The van der Waals surface area contributed by atoms with Gasteiger partial charge in [-0.3, -0.25) is 4.79 Å². The number of hydrogen-bond donors (Lipinski definition) is 1. The van der Waals surface area contributed by atoms with E-state index in [1.165, 1.54) is 5.56 Å². The minimum Gasteiger partial charge on any atom is -0.422 e. The number of rotatable bonds is 5. The van der Waals surface area contributed by atoms with Crippen molar-refractivity contribution in [3.63, 3.8) is 0 Å². The zero-order chi connectivity index (χ0) is 21.1. The molecule has 1 N–H and O–H groups in total. The zero-order valence-electron chi connectivity index (χ0n) is 17.0. The van der Waals surface area contributed by atoms with Crippen molar-refractivity contribution in [1.82, 2.24) is 0 Å². The fraction of sp³-hybridized carbons (Fsp3) is 0.154. The predicted molar refractivity (Wildman–Crippen MR) is 121 cm³/mol. The molecule has 150 valence electrons. The fourth-order valence-corrected chi connectivity index (χ4v) is 3.43. The average molecular weight is 397 g/mol. The van der Waals surface area contributed by atoms with Gasteiger partial charge in [0.15, 0.2) is 0 Å². The Morgan fingerprint density at radius 2 is 1.73 bits per heavy atom. The summed E-state index contributed by atoms with van der Waals surface area (Å²) >= 11 is 0. The molecule has 1 amide bonds. The first-order valence-corrected chi connectivity index (χ1v) is 10.1. The van der Waals surface area contributed by atoms with Crippen LogP contribution < -0.4 is 10.9 Å². The number of amides is 1. The molecule has 0 fully saturated rings. The van der Waals surface area contributed by atoms with E-state index < -0.39 is 5.63 Å². The van der Waals surface area contributed by atoms with E-state index in [0.29, 0.717) is 28.2 Å². The Balaban J connectivity index is 1.60. The van der Waals surface area contributed by atoms with Crippen LogP contribution in [0.5, 0.6) is 0 Å². The highest BCUT2D eigenvalue weighted by Crippen LogP contribution is 2.23. The molecule has 0 aliphatic carbocycles. The third-order valence-corrected chi connectivity index (χ3v) is 5.43. The van der Waals surface area contributed by atoms with Gasteiger partial charge in [-0.2, -0.15) is 0 Å². The second-order valence-corrected chi connectivity index (χ2v) is 7.45. The highest BCUT2D eigenvalue weighted by Gasteiger charge is 2.12. The summed E-state index contributed by atoms with van der Waals surface area (Å²) in [6.45, 7) is 4.34. The predicted octanol–water partition coefficient (Wildman–Crippen LogP) is 6.23. The SMILES string of the molecule is CCC(C)c1ccc(NC(=O)c2cccc(-c3cc4ccccc4oc3=O)c2)cc1. The topological polar surface area (TPSA) is 59.3 Å². The maximum absolute atomic E-state index is 12.8. The molecule has 4 heteroatoms. The molecule has 3 aromatic carbocycles. The first-order chi connectivity index (χ1) is 14.5. The Hall–Kier alpha value is -3.66. The van der Waals surface area contributed by atoms with Crippen molar-refractivity contribution in [2.24, 2.45) is 0 Å². The summed E-state index contributed by atoms with van der Waals surface area (Å²) in [5.41, 5.74) is 3.66. The monoisotopic (exact) mass is 397 g/mol. The third-order valence-electron chi connectivity index (χ3n) is 5.43. The second-order valence-electron chi connectivity index (χ2n) is 7.45. The van der Waals surface area contributed by atoms with E-state index in [9.17, 15) is 9.59 Å². The van der Waals surface area contributed by atoms with Gasteiger partial charge in [0.25, 0.3) is 5.91 Å². The van der Waals surface area contributed by atoms with E-state index in [2.05, 4.69) is 19.2 Å². The summed E-state index contributed by atoms with van der Waals surface area (Å²) in [6, 6.07) is 24.1. The summed E-state index contributed by atoms with van der Waals surface area (Å²) in [4.78, 5) is 25.2. The molecule has 1 unspecified atom stereocenters. The first kappa shape index (κ1) is 19.6. The van der Waals surface area contributed by atoms with Gasteiger partial charge in [0.05, 0.1) is 5.56 Å². The lowest BCUT2D eigenvalue weighted by atomic mass is 9.98. The lowest BCUT2D eigenvalue weighted by Gasteiger charge is -2.11. The van der Waals surface area contributed by atoms with Crippen molar-refractivity contribution < 1.29 is 9.21 Å². The number of anilines is 1. The van der Waals surface area contributed by atoms with Gasteiger partial charge in [0, 0.05) is 16.6 Å². The minimum atomic E-state index is -0.424. The molecule has 1 atom stereocenters. The van der Waals surface area contributed by atoms with Crippen molar-refractivity contribution in [3.8, 4) is 11.1 Å². The maximum Gasteiger partial charge on any atom is 0.344 e. The van der Waals surface area contributed by atoms with Crippen LogP contribution in [0.15, 0.2) is 88.1 Å². The number of benzene rings is 3. The average Bonchev–Trinajstić information content (AvgIpc) is 2.78. The van der Waals surface area contributed by atoms with Crippen molar-refractivity contribution in [3.05, 3.63) is 100 Å². The van der Waals surface area contributed by atoms with E-state index in [4.69, 9.17) is 4.42 Å². The van der Waals surface area contributed by atoms with Crippen LogP contribution in [0, 0.1) is 0 Å². The number of para-hydroxylation sites is 1. The second kappa shape index (κ2) is 8.37. The third kappa shape index (κ3) is 4.03. The van der Waals surface area contributed by atoms with E-state index in [1.807, 2.05) is 42.5 Å². The molecule has 0 aliphatic rings. The Morgan fingerprint density at radius 3 is 2.50 bits per heavy atom. The largest absolute Gasteiger partial charge is 0.422 e. The van der Waals surface area contributed by atoms with Crippen molar-refractivity contribution in [2.75, 3.05) is 5.32 Å². The van der Waals surface area contributed by atoms with Gasteiger partial charge in [-0.1, -0.05) is 56.3 Å². The van der Waals surface area contributed by atoms with E-state index in [1.54, 1.807) is 36.4 Å². The molecule has 0 radical (unpaired) electrons. The van der Waals surface area contributed by atoms with Gasteiger partial charge in [0.1, 0.15) is 5.58 Å². The van der Waals surface area contributed by atoms with Gasteiger partial charge in [-0.05, 0) is 59.9 Å². The number of hydrogen-bond acceptors (Lipinski definition) is 3. The number of carbonyl (C=O) groups is 1. The van der Waals surface area contributed by atoms with Crippen LogP contribution in [0.1, 0.15) is 42.1 Å². The quantitative estimate of drug-likeness (QED) is 0.406. The highest BCUT2D eigenvalue weighted by atomic mass is 16.4. The molecule has 0 saturated heterocycles. The van der Waals surface area contributed by atoms with Crippen LogP contribution in [0.3, 0.4) is 0 Å². The summed E-state index contributed by atoms with van der Waals surface area (Å²) in [5.74, 6) is 0.262. The summed E-state index contributed by atoms with van der Waals surface area (Å²) in [7, 11) is 0. The van der Waals surface area contributed by atoms with Crippen molar-refractivity contribution in [1.29, 1.82) is 0 Å². The molecule has 4 rings (SSSR count). The Labute approximate surface area is 175 Å². The first-order valence-electron chi connectivity index (χ1n) is 10.1. The highest BCUT2D eigenvalue weighted by molar-refractivity contribution is 6.05. The van der Waals surface area contributed by atoms with Crippen molar-refractivity contribution in [2.45, 2.75) is 26.2 Å². The summed E-state index contributed by atoms with van der Waals surface area (Å²) in [6.07, 6.45) is 1.07. The number of nitrogens with one attached hydrogen (secondary N) is 1. The fourth-order valence-electron chi connectivity index (χ4n) is 3.43. The van der Waals surface area contributed by atoms with Gasteiger partial charge in [-0.25, -0.2) is 4.79 Å². The van der Waals surface area contributed by atoms with Gasteiger partial charge < -0.3 is 9.73 Å². The molecule has 4 aromatic rings. The van der Waals surface area contributed by atoms with Gasteiger partial charge >= 0.3 is 5.63 Å².